The fraction of sp³-hybridized carbons (Fsp3) is 0.875. The van der Waals surface area contributed by atoms with Crippen LogP contribution in [-0.2, 0) is 4.79 Å². The lowest BCUT2D eigenvalue weighted by Gasteiger charge is -2.33. The predicted octanol–water partition coefficient (Wildman–Crippen LogP) is 0.592. The number of likely N-dealkylation sites (N-methyl/N-ethyl adjacent to an activating group) is 1. The van der Waals surface area contributed by atoms with E-state index in [0.717, 1.165) is 6.42 Å². The lowest BCUT2D eigenvalue weighted by molar-refractivity contribution is -0.120. The van der Waals surface area contributed by atoms with Gasteiger partial charge in [0.05, 0.1) is 6.54 Å². The van der Waals surface area contributed by atoms with Gasteiger partial charge in [-0.15, -0.1) is 0 Å². The molecule has 3 nitrogen and oxygen atoms in total. The second-order valence-electron chi connectivity index (χ2n) is 3.49. The van der Waals surface area contributed by atoms with E-state index in [0.29, 0.717) is 6.54 Å². The summed E-state index contributed by atoms with van der Waals surface area (Å²) in [6.45, 7) is 6.62. The molecule has 0 aromatic rings. The summed E-state index contributed by atoms with van der Waals surface area (Å²) in [5.41, 5.74) is 5.13. The van der Waals surface area contributed by atoms with Gasteiger partial charge in [0.25, 0.3) is 0 Å². The van der Waals surface area contributed by atoms with E-state index in [-0.39, 0.29) is 11.4 Å². The quantitative estimate of drug-likeness (QED) is 0.651. The molecule has 0 aliphatic carbocycles. The highest BCUT2D eigenvalue weighted by atomic mass is 16.1. The van der Waals surface area contributed by atoms with Gasteiger partial charge < -0.3 is 5.73 Å². The molecule has 0 bridgehead atoms. The molecule has 2 N–H and O–H groups in total. The number of carbonyl (C=O) groups is 1. The standard InChI is InChI=1S/C8H18N2O/c1-5-8(2,3)10(4)6-7(9)11/h5-6H2,1-4H3,(H2,9,11). The Kier molecular flexibility index (Phi) is 3.52. The first-order valence-electron chi connectivity index (χ1n) is 3.89. The first kappa shape index (κ1) is 10.4. The zero-order chi connectivity index (χ0) is 9.07. The molecule has 0 radical (unpaired) electrons. The van der Waals surface area contributed by atoms with E-state index in [2.05, 4.69) is 20.8 Å². The van der Waals surface area contributed by atoms with Crippen LogP contribution in [0.4, 0.5) is 0 Å². The van der Waals surface area contributed by atoms with Crippen LogP contribution in [0.25, 0.3) is 0 Å². The number of hydrogen-bond donors (Lipinski definition) is 1. The maximum atomic E-state index is 10.6. The predicted molar refractivity (Wildman–Crippen MR) is 46.2 cm³/mol. The summed E-state index contributed by atoms with van der Waals surface area (Å²) in [6.07, 6.45) is 1.01. The molecule has 1 amide bonds. The Morgan fingerprint density at radius 1 is 1.55 bits per heavy atom. The average molecular weight is 158 g/mol. The van der Waals surface area contributed by atoms with Crippen molar-refractivity contribution < 1.29 is 4.79 Å². The van der Waals surface area contributed by atoms with Crippen LogP contribution in [0.15, 0.2) is 0 Å². The van der Waals surface area contributed by atoms with Gasteiger partial charge in [0, 0.05) is 5.54 Å². The van der Waals surface area contributed by atoms with Gasteiger partial charge in [-0.1, -0.05) is 6.92 Å². The SMILES string of the molecule is CCC(C)(C)N(C)CC(N)=O. The molecule has 66 valence electrons. The van der Waals surface area contributed by atoms with E-state index in [1.807, 2.05) is 11.9 Å². The second-order valence-corrected chi connectivity index (χ2v) is 3.49. The lowest BCUT2D eigenvalue weighted by Crippen LogP contribution is -2.44. The van der Waals surface area contributed by atoms with Gasteiger partial charge in [-0.3, -0.25) is 9.69 Å². The summed E-state index contributed by atoms with van der Waals surface area (Å²) in [6, 6.07) is 0. The number of primary amides is 1. The number of amides is 1. The minimum absolute atomic E-state index is 0.0645. The fourth-order valence-electron chi connectivity index (χ4n) is 0.718. The van der Waals surface area contributed by atoms with Crippen molar-refractivity contribution in [1.29, 1.82) is 0 Å². The van der Waals surface area contributed by atoms with Crippen LogP contribution in [0.3, 0.4) is 0 Å². The first-order chi connectivity index (χ1) is 4.90. The van der Waals surface area contributed by atoms with Crippen molar-refractivity contribution >= 4 is 5.91 Å². The molecular formula is C8H18N2O. The molecule has 0 aliphatic rings. The zero-order valence-corrected chi connectivity index (χ0v) is 7.85. The van der Waals surface area contributed by atoms with Gasteiger partial charge in [-0.2, -0.15) is 0 Å². The molecule has 0 heterocycles. The van der Waals surface area contributed by atoms with E-state index in [4.69, 9.17) is 5.73 Å². The van der Waals surface area contributed by atoms with E-state index < -0.39 is 0 Å². The summed E-state index contributed by atoms with van der Waals surface area (Å²) in [4.78, 5) is 12.5. The number of rotatable bonds is 4. The van der Waals surface area contributed by atoms with Gasteiger partial charge in [0.1, 0.15) is 0 Å². The van der Waals surface area contributed by atoms with Gasteiger partial charge in [0.15, 0.2) is 0 Å². The monoisotopic (exact) mass is 158 g/mol. The molecule has 0 saturated heterocycles. The van der Waals surface area contributed by atoms with E-state index in [1.54, 1.807) is 0 Å². The van der Waals surface area contributed by atoms with Crippen molar-refractivity contribution in [3.05, 3.63) is 0 Å². The summed E-state index contributed by atoms with van der Waals surface area (Å²) in [5.74, 6) is -0.269. The summed E-state index contributed by atoms with van der Waals surface area (Å²) >= 11 is 0. The summed E-state index contributed by atoms with van der Waals surface area (Å²) in [5, 5.41) is 0. The Morgan fingerprint density at radius 3 is 2.27 bits per heavy atom. The lowest BCUT2D eigenvalue weighted by atomic mass is 10.0. The Hall–Kier alpha value is -0.570. The number of hydrogen-bond acceptors (Lipinski definition) is 2. The van der Waals surface area contributed by atoms with Gasteiger partial charge >= 0.3 is 0 Å². The molecule has 0 aliphatic heterocycles. The van der Waals surface area contributed by atoms with Crippen molar-refractivity contribution in [2.24, 2.45) is 5.73 Å². The average Bonchev–Trinajstić information content (AvgIpc) is 1.86. The van der Waals surface area contributed by atoms with E-state index >= 15 is 0 Å². The second kappa shape index (κ2) is 3.72. The van der Waals surface area contributed by atoms with Crippen molar-refractivity contribution in [1.82, 2.24) is 4.90 Å². The smallest absolute Gasteiger partial charge is 0.231 e. The fourth-order valence-corrected chi connectivity index (χ4v) is 0.718. The largest absolute Gasteiger partial charge is 0.369 e. The van der Waals surface area contributed by atoms with Gasteiger partial charge in [0.2, 0.25) is 5.91 Å². The summed E-state index contributed by atoms with van der Waals surface area (Å²) in [7, 11) is 1.91. The van der Waals surface area contributed by atoms with Gasteiger partial charge in [-0.05, 0) is 27.3 Å². The molecule has 0 unspecified atom stereocenters. The highest BCUT2D eigenvalue weighted by Crippen LogP contribution is 2.15. The third-order valence-corrected chi connectivity index (χ3v) is 2.29. The third-order valence-electron chi connectivity index (χ3n) is 2.29. The zero-order valence-electron chi connectivity index (χ0n) is 7.85. The van der Waals surface area contributed by atoms with E-state index in [1.165, 1.54) is 0 Å². The Morgan fingerprint density at radius 2 is 2.00 bits per heavy atom. The Bertz CT molecular complexity index is 143. The third kappa shape index (κ3) is 3.37. The molecule has 0 rings (SSSR count). The molecule has 0 aromatic carbocycles. The van der Waals surface area contributed by atoms with Crippen molar-refractivity contribution in [3.8, 4) is 0 Å². The number of nitrogens with two attached hydrogens (primary N) is 1. The molecule has 3 heteroatoms. The molecule has 0 atom stereocenters. The number of nitrogens with zero attached hydrogens (tertiary/aromatic N) is 1. The van der Waals surface area contributed by atoms with Crippen molar-refractivity contribution in [2.75, 3.05) is 13.6 Å². The Balaban J connectivity index is 4.01. The Labute approximate surface area is 68.6 Å². The number of carbonyl (C=O) groups excluding carboxylic acids is 1. The normalized spacial score (nSPS) is 12.1. The molecule has 0 spiro atoms. The molecule has 0 saturated carbocycles. The van der Waals surface area contributed by atoms with Gasteiger partial charge in [-0.25, -0.2) is 0 Å². The van der Waals surface area contributed by atoms with Crippen LogP contribution in [0, 0.1) is 0 Å². The van der Waals surface area contributed by atoms with Crippen LogP contribution in [-0.4, -0.2) is 29.9 Å². The summed E-state index contributed by atoms with van der Waals surface area (Å²) < 4.78 is 0. The van der Waals surface area contributed by atoms with Crippen LogP contribution in [0.5, 0.6) is 0 Å². The van der Waals surface area contributed by atoms with E-state index in [9.17, 15) is 4.79 Å². The van der Waals surface area contributed by atoms with Crippen molar-refractivity contribution in [3.63, 3.8) is 0 Å². The van der Waals surface area contributed by atoms with Crippen LogP contribution < -0.4 is 5.73 Å². The van der Waals surface area contributed by atoms with Crippen LogP contribution in [0.1, 0.15) is 27.2 Å². The van der Waals surface area contributed by atoms with Crippen LogP contribution in [0.2, 0.25) is 0 Å². The van der Waals surface area contributed by atoms with Crippen LogP contribution >= 0.6 is 0 Å². The molecule has 0 fully saturated rings. The first-order valence-corrected chi connectivity index (χ1v) is 3.89. The highest BCUT2D eigenvalue weighted by molar-refractivity contribution is 5.75. The maximum absolute atomic E-state index is 10.6. The molecular weight excluding hydrogens is 140 g/mol. The topological polar surface area (TPSA) is 46.3 Å². The highest BCUT2D eigenvalue weighted by Gasteiger charge is 2.21. The molecule has 0 aromatic heterocycles. The minimum Gasteiger partial charge on any atom is -0.369 e. The van der Waals surface area contributed by atoms with Crippen molar-refractivity contribution in [2.45, 2.75) is 32.7 Å². The molecule has 11 heavy (non-hydrogen) atoms. The minimum atomic E-state index is -0.269. The maximum Gasteiger partial charge on any atom is 0.231 e.